The normalized spacial score (nSPS) is 12.8. The Morgan fingerprint density at radius 1 is 1.39 bits per heavy atom. The van der Waals surface area contributed by atoms with Crippen molar-refractivity contribution in [1.82, 2.24) is 14.6 Å². The lowest BCUT2D eigenvalue weighted by molar-refractivity contribution is 0.489. The number of furan rings is 1. The fourth-order valence-electron chi connectivity index (χ4n) is 1.74. The van der Waals surface area contributed by atoms with Gasteiger partial charge in [-0.3, -0.25) is 0 Å². The summed E-state index contributed by atoms with van der Waals surface area (Å²) in [6.07, 6.45) is 3.51. The van der Waals surface area contributed by atoms with Crippen LogP contribution >= 0.6 is 15.9 Å². The molecule has 92 valence electrons. The molecule has 3 heterocycles. The van der Waals surface area contributed by atoms with Gasteiger partial charge in [-0.25, -0.2) is 4.52 Å². The maximum atomic E-state index is 5.33. The maximum absolute atomic E-state index is 5.33. The second-order valence-electron chi connectivity index (χ2n) is 3.94. The van der Waals surface area contributed by atoms with Gasteiger partial charge in [0, 0.05) is 6.20 Å². The van der Waals surface area contributed by atoms with Crippen LogP contribution < -0.4 is 5.32 Å². The SMILES string of the molecule is CC(Nc1nc2c(Br)cccn2n1)c1ccco1. The third-order valence-electron chi connectivity index (χ3n) is 2.63. The molecule has 18 heavy (non-hydrogen) atoms. The summed E-state index contributed by atoms with van der Waals surface area (Å²) in [6.45, 7) is 2.00. The van der Waals surface area contributed by atoms with E-state index in [1.807, 2.05) is 37.4 Å². The van der Waals surface area contributed by atoms with Crippen LogP contribution in [0.1, 0.15) is 18.7 Å². The quantitative estimate of drug-likeness (QED) is 0.807. The van der Waals surface area contributed by atoms with E-state index in [1.165, 1.54) is 0 Å². The summed E-state index contributed by atoms with van der Waals surface area (Å²) in [5.74, 6) is 1.43. The number of nitrogens with one attached hydrogen (secondary N) is 1. The lowest BCUT2D eigenvalue weighted by Gasteiger charge is -2.08. The molecule has 0 amide bonds. The average Bonchev–Trinajstić information content (AvgIpc) is 2.97. The van der Waals surface area contributed by atoms with E-state index >= 15 is 0 Å². The molecule has 0 aliphatic rings. The predicted molar refractivity (Wildman–Crippen MR) is 71.4 cm³/mol. The minimum atomic E-state index is 0.0242. The van der Waals surface area contributed by atoms with Crippen LogP contribution in [0.4, 0.5) is 5.95 Å². The third kappa shape index (κ3) is 1.99. The van der Waals surface area contributed by atoms with Crippen molar-refractivity contribution in [2.75, 3.05) is 5.32 Å². The number of hydrogen-bond acceptors (Lipinski definition) is 4. The molecule has 3 rings (SSSR count). The molecule has 0 radical (unpaired) electrons. The van der Waals surface area contributed by atoms with Crippen LogP contribution in [0.5, 0.6) is 0 Å². The molecule has 0 aliphatic carbocycles. The van der Waals surface area contributed by atoms with E-state index in [4.69, 9.17) is 4.42 Å². The lowest BCUT2D eigenvalue weighted by atomic mass is 10.2. The van der Waals surface area contributed by atoms with E-state index in [-0.39, 0.29) is 6.04 Å². The molecule has 6 heteroatoms. The van der Waals surface area contributed by atoms with Crippen molar-refractivity contribution in [3.63, 3.8) is 0 Å². The van der Waals surface area contributed by atoms with Gasteiger partial charge in [0.05, 0.1) is 16.8 Å². The number of anilines is 1. The van der Waals surface area contributed by atoms with Crippen molar-refractivity contribution in [2.45, 2.75) is 13.0 Å². The van der Waals surface area contributed by atoms with Crippen LogP contribution in [-0.2, 0) is 0 Å². The van der Waals surface area contributed by atoms with Gasteiger partial charge in [0.1, 0.15) is 5.76 Å². The molecule has 0 aliphatic heterocycles. The molecule has 3 aromatic rings. The van der Waals surface area contributed by atoms with Gasteiger partial charge in [-0.05, 0) is 47.1 Å². The Labute approximate surface area is 112 Å². The monoisotopic (exact) mass is 306 g/mol. The molecule has 0 saturated carbocycles. The summed E-state index contributed by atoms with van der Waals surface area (Å²) >= 11 is 3.45. The highest BCUT2D eigenvalue weighted by Crippen LogP contribution is 2.20. The van der Waals surface area contributed by atoms with Crippen molar-refractivity contribution in [2.24, 2.45) is 0 Å². The van der Waals surface area contributed by atoms with Gasteiger partial charge in [0.25, 0.3) is 0 Å². The molecular formula is C12H11BrN4O. The number of fused-ring (bicyclic) bond motifs is 1. The Hall–Kier alpha value is -1.82. The summed E-state index contributed by atoms with van der Waals surface area (Å²) in [6, 6.07) is 7.65. The largest absolute Gasteiger partial charge is 0.467 e. The molecule has 1 N–H and O–H groups in total. The van der Waals surface area contributed by atoms with Crippen molar-refractivity contribution in [1.29, 1.82) is 0 Å². The standard InChI is InChI=1S/C12H11BrN4O/c1-8(10-5-3-7-18-10)14-12-15-11-9(13)4-2-6-17(11)16-12/h2-8H,1H3,(H,14,16). The third-order valence-corrected chi connectivity index (χ3v) is 3.25. The Balaban J connectivity index is 1.89. The first-order valence-electron chi connectivity index (χ1n) is 5.55. The topological polar surface area (TPSA) is 55.4 Å². The number of rotatable bonds is 3. The number of halogens is 1. The van der Waals surface area contributed by atoms with Crippen LogP contribution in [0.2, 0.25) is 0 Å². The minimum Gasteiger partial charge on any atom is -0.467 e. The highest BCUT2D eigenvalue weighted by molar-refractivity contribution is 9.10. The molecule has 3 aromatic heterocycles. The summed E-state index contributed by atoms with van der Waals surface area (Å²) < 4.78 is 7.97. The van der Waals surface area contributed by atoms with Crippen LogP contribution in [0.15, 0.2) is 45.6 Å². The van der Waals surface area contributed by atoms with Gasteiger partial charge < -0.3 is 9.73 Å². The Morgan fingerprint density at radius 2 is 2.28 bits per heavy atom. The highest BCUT2D eigenvalue weighted by atomic mass is 79.9. The molecule has 0 spiro atoms. The van der Waals surface area contributed by atoms with Gasteiger partial charge in [-0.1, -0.05) is 0 Å². The van der Waals surface area contributed by atoms with Crippen LogP contribution in [-0.4, -0.2) is 14.6 Å². The fraction of sp³-hybridized carbons (Fsp3) is 0.167. The van der Waals surface area contributed by atoms with E-state index in [1.54, 1.807) is 10.8 Å². The predicted octanol–water partition coefficient (Wildman–Crippen LogP) is 3.26. The first kappa shape index (κ1) is 11.3. The minimum absolute atomic E-state index is 0.0242. The Bertz CT molecular complexity index is 662. The van der Waals surface area contributed by atoms with Crippen molar-refractivity contribution in [3.8, 4) is 0 Å². The highest BCUT2D eigenvalue weighted by Gasteiger charge is 2.12. The van der Waals surface area contributed by atoms with E-state index < -0.39 is 0 Å². The summed E-state index contributed by atoms with van der Waals surface area (Å²) in [5, 5.41) is 7.55. The lowest BCUT2D eigenvalue weighted by Crippen LogP contribution is -2.06. The summed E-state index contributed by atoms with van der Waals surface area (Å²) in [7, 11) is 0. The molecule has 0 bridgehead atoms. The zero-order valence-corrected chi connectivity index (χ0v) is 11.3. The number of aromatic nitrogens is 3. The molecule has 1 unspecified atom stereocenters. The van der Waals surface area contributed by atoms with Crippen molar-refractivity contribution >= 4 is 27.5 Å². The van der Waals surface area contributed by atoms with Gasteiger partial charge in [-0.15, -0.1) is 5.10 Å². The molecule has 5 nitrogen and oxygen atoms in total. The number of pyridine rings is 1. The van der Waals surface area contributed by atoms with Gasteiger partial charge >= 0.3 is 0 Å². The average molecular weight is 307 g/mol. The van der Waals surface area contributed by atoms with Gasteiger partial charge in [-0.2, -0.15) is 4.98 Å². The number of nitrogens with zero attached hydrogens (tertiary/aromatic N) is 3. The molecule has 1 atom stereocenters. The molecule has 0 aromatic carbocycles. The fourth-order valence-corrected chi connectivity index (χ4v) is 2.16. The van der Waals surface area contributed by atoms with Gasteiger partial charge in [0.2, 0.25) is 5.95 Å². The Morgan fingerprint density at radius 3 is 3.00 bits per heavy atom. The second-order valence-corrected chi connectivity index (χ2v) is 4.80. The maximum Gasteiger partial charge on any atom is 0.243 e. The van der Waals surface area contributed by atoms with Crippen molar-refractivity contribution in [3.05, 3.63) is 47.0 Å². The zero-order chi connectivity index (χ0) is 12.5. The summed E-state index contributed by atoms with van der Waals surface area (Å²) in [4.78, 5) is 4.41. The summed E-state index contributed by atoms with van der Waals surface area (Å²) in [5.41, 5.74) is 0.784. The molecule has 0 fully saturated rings. The van der Waals surface area contributed by atoms with Crippen molar-refractivity contribution < 1.29 is 4.42 Å². The Kier molecular flexibility index (Phi) is 2.79. The van der Waals surface area contributed by atoms with Crippen LogP contribution in [0.25, 0.3) is 5.65 Å². The van der Waals surface area contributed by atoms with Gasteiger partial charge in [0.15, 0.2) is 5.65 Å². The smallest absolute Gasteiger partial charge is 0.243 e. The van der Waals surface area contributed by atoms with E-state index in [2.05, 4.69) is 31.3 Å². The molecular weight excluding hydrogens is 296 g/mol. The van der Waals surface area contributed by atoms with E-state index in [0.29, 0.717) is 5.95 Å². The molecule has 0 saturated heterocycles. The van der Waals surface area contributed by atoms with Crippen LogP contribution in [0.3, 0.4) is 0 Å². The van der Waals surface area contributed by atoms with Crippen LogP contribution in [0, 0.1) is 0 Å². The zero-order valence-electron chi connectivity index (χ0n) is 9.67. The first-order chi connectivity index (χ1) is 8.74. The van der Waals surface area contributed by atoms with E-state index in [9.17, 15) is 0 Å². The number of hydrogen-bond donors (Lipinski definition) is 1. The first-order valence-corrected chi connectivity index (χ1v) is 6.34. The van der Waals surface area contributed by atoms with E-state index in [0.717, 1.165) is 15.9 Å². The second kappa shape index (κ2) is 4.45.